The molecule has 15 heavy (non-hydrogen) atoms. The summed E-state index contributed by atoms with van der Waals surface area (Å²) in [7, 11) is 1.88. The molecule has 0 atom stereocenters. The van der Waals surface area contributed by atoms with Crippen LogP contribution in [-0.2, 0) is 6.42 Å². The van der Waals surface area contributed by atoms with Crippen LogP contribution in [0.5, 0.6) is 0 Å². The molecule has 2 aromatic rings. The SMILES string of the molecule is CNCCc1nnc(-c2snnc2C)o1. The van der Waals surface area contributed by atoms with Crippen LogP contribution in [0, 0.1) is 6.92 Å². The van der Waals surface area contributed by atoms with Crippen molar-refractivity contribution in [3.8, 4) is 10.8 Å². The molecule has 2 heterocycles. The fourth-order valence-electron chi connectivity index (χ4n) is 1.11. The summed E-state index contributed by atoms with van der Waals surface area (Å²) in [6, 6.07) is 0. The minimum absolute atomic E-state index is 0.508. The Bertz CT molecular complexity index is 438. The molecule has 0 unspecified atom stereocenters. The van der Waals surface area contributed by atoms with Crippen LogP contribution in [0.4, 0.5) is 0 Å². The standard InChI is InChI=1S/C8H11N5OS/c1-5-7(15-13-10-5)8-12-11-6(14-8)3-4-9-2/h9H,3-4H2,1-2H3. The Morgan fingerprint density at radius 3 is 2.87 bits per heavy atom. The van der Waals surface area contributed by atoms with Crippen LogP contribution in [0.25, 0.3) is 10.8 Å². The van der Waals surface area contributed by atoms with Gasteiger partial charge in [0.2, 0.25) is 5.89 Å². The van der Waals surface area contributed by atoms with Gasteiger partial charge >= 0.3 is 0 Å². The van der Waals surface area contributed by atoms with Crippen molar-refractivity contribution in [3.63, 3.8) is 0 Å². The molecule has 0 spiro atoms. The third kappa shape index (κ3) is 2.18. The maximum atomic E-state index is 5.48. The average molecular weight is 225 g/mol. The first kappa shape index (κ1) is 10.2. The number of aromatic nitrogens is 4. The molecule has 0 bridgehead atoms. The van der Waals surface area contributed by atoms with Gasteiger partial charge in [-0.15, -0.1) is 15.3 Å². The van der Waals surface area contributed by atoms with Crippen LogP contribution < -0.4 is 5.32 Å². The summed E-state index contributed by atoms with van der Waals surface area (Å²) in [6.45, 7) is 2.69. The Kier molecular flexibility index (Phi) is 3.02. The Labute approximate surface area is 90.9 Å². The van der Waals surface area contributed by atoms with Crippen molar-refractivity contribution >= 4 is 11.5 Å². The van der Waals surface area contributed by atoms with Gasteiger partial charge in [-0.25, -0.2) is 0 Å². The van der Waals surface area contributed by atoms with Crippen LogP contribution in [0.1, 0.15) is 11.6 Å². The third-order valence-electron chi connectivity index (χ3n) is 1.90. The van der Waals surface area contributed by atoms with Gasteiger partial charge in [0.15, 0.2) is 0 Å². The minimum atomic E-state index is 0.508. The van der Waals surface area contributed by atoms with Gasteiger partial charge < -0.3 is 9.73 Å². The highest BCUT2D eigenvalue weighted by Crippen LogP contribution is 2.23. The van der Waals surface area contributed by atoms with E-state index in [4.69, 9.17) is 4.42 Å². The highest BCUT2D eigenvalue weighted by atomic mass is 32.1. The molecule has 7 heteroatoms. The van der Waals surface area contributed by atoms with Crippen molar-refractivity contribution in [1.82, 2.24) is 25.1 Å². The van der Waals surface area contributed by atoms with E-state index >= 15 is 0 Å². The Hall–Kier alpha value is -1.34. The lowest BCUT2D eigenvalue weighted by Crippen LogP contribution is -2.10. The average Bonchev–Trinajstić information content (AvgIpc) is 2.83. The molecule has 6 nitrogen and oxygen atoms in total. The number of rotatable bonds is 4. The number of hydrogen-bond acceptors (Lipinski definition) is 7. The zero-order chi connectivity index (χ0) is 10.7. The molecule has 0 aliphatic carbocycles. The molecule has 2 rings (SSSR count). The predicted octanol–water partition coefficient (Wildman–Crippen LogP) is 0.658. The van der Waals surface area contributed by atoms with Crippen molar-refractivity contribution < 1.29 is 4.42 Å². The lowest BCUT2D eigenvalue weighted by molar-refractivity contribution is 0.500. The molecule has 0 saturated heterocycles. The Balaban J connectivity index is 2.17. The van der Waals surface area contributed by atoms with E-state index in [1.807, 2.05) is 14.0 Å². The van der Waals surface area contributed by atoms with Crippen molar-refractivity contribution in [3.05, 3.63) is 11.6 Å². The van der Waals surface area contributed by atoms with E-state index < -0.39 is 0 Å². The van der Waals surface area contributed by atoms with Crippen LogP contribution in [0.15, 0.2) is 4.42 Å². The van der Waals surface area contributed by atoms with Crippen molar-refractivity contribution in [2.75, 3.05) is 13.6 Å². The Morgan fingerprint density at radius 1 is 1.33 bits per heavy atom. The molecule has 0 radical (unpaired) electrons. The van der Waals surface area contributed by atoms with E-state index in [0.717, 1.165) is 23.5 Å². The number of likely N-dealkylation sites (N-methyl/N-ethyl adjacent to an activating group) is 1. The largest absolute Gasteiger partial charge is 0.420 e. The maximum absolute atomic E-state index is 5.48. The van der Waals surface area contributed by atoms with E-state index in [9.17, 15) is 0 Å². The molecule has 1 N–H and O–H groups in total. The molecule has 0 fully saturated rings. The first-order valence-corrected chi connectivity index (χ1v) is 5.35. The third-order valence-corrected chi connectivity index (χ3v) is 2.72. The lowest BCUT2D eigenvalue weighted by atomic mass is 10.4. The van der Waals surface area contributed by atoms with Crippen LogP contribution in [-0.4, -0.2) is 33.4 Å². The lowest BCUT2D eigenvalue weighted by Gasteiger charge is -1.91. The number of nitrogens with one attached hydrogen (secondary N) is 1. The summed E-state index contributed by atoms with van der Waals surface area (Å²) in [5, 5.41) is 14.8. The van der Waals surface area contributed by atoms with Crippen molar-refractivity contribution in [2.24, 2.45) is 0 Å². The highest BCUT2D eigenvalue weighted by Gasteiger charge is 2.13. The fourth-order valence-corrected chi connectivity index (χ4v) is 1.68. The van der Waals surface area contributed by atoms with Gasteiger partial charge in [0.05, 0.1) is 5.69 Å². The van der Waals surface area contributed by atoms with Crippen LogP contribution in [0.3, 0.4) is 0 Å². The maximum Gasteiger partial charge on any atom is 0.261 e. The first-order chi connectivity index (χ1) is 7.31. The van der Waals surface area contributed by atoms with E-state index in [2.05, 4.69) is 25.1 Å². The first-order valence-electron chi connectivity index (χ1n) is 4.57. The van der Waals surface area contributed by atoms with Crippen LogP contribution in [0.2, 0.25) is 0 Å². The molecule has 2 aromatic heterocycles. The molecule has 0 aliphatic heterocycles. The summed E-state index contributed by atoms with van der Waals surface area (Å²) in [6.07, 6.45) is 0.731. The molecular weight excluding hydrogens is 214 g/mol. The summed E-state index contributed by atoms with van der Waals surface area (Å²) >= 11 is 1.27. The fraction of sp³-hybridized carbons (Fsp3) is 0.500. The second kappa shape index (κ2) is 4.45. The summed E-state index contributed by atoms with van der Waals surface area (Å²) < 4.78 is 9.30. The van der Waals surface area contributed by atoms with E-state index in [-0.39, 0.29) is 0 Å². The molecule has 80 valence electrons. The monoisotopic (exact) mass is 225 g/mol. The normalized spacial score (nSPS) is 10.8. The van der Waals surface area contributed by atoms with Gasteiger partial charge in [-0.2, -0.15) is 0 Å². The minimum Gasteiger partial charge on any atom is -0.420 e. The van der Waals surface area contributed by atoms with Gasteiger partial charge in [0, 0.05) is 13.0 Å². The number of nitrogens with zero attached hydrogens (tertiary/aromatic N) is 4. The Morgan fingerprint density at radius 2 is 2.20 bits per heavy atom. The van der Waals surface area contributed by atoms with Gasteiger partial charge in [-0.3, -0.25) is 0 Å². The molecular formula is C8H11N5OS. The van der Waals surface area contributed by atoms with E-state index in [0.29, 0.717) is 11.8 Å². The van der Waals surface area contributed by atoms with E-state index in [1.165, 1.54) is 11.5 Å². The molecule has 0 aliphatic rings. The quantitative estimate of drug-likeness (QED) is 0.823. The van der Waals surface area contributed by atoms with E-state index in [1.54, 1.807) is 0 Å². The molecule has 0 aromatic carbocycles. The zero-order valence-corrected chi connectivity index (χ0v) is 9.34. The molecule has 0 amide bonds. The summed E-state index contributed by atoms with van der Waals surface area (Å²) in [5.74, 6) is 1.14. The van der Waals surface area contributed by atoms with Crippen molar-refractivity contribution in [2.45, 2.75) is 13.3 Å². The number of aryl methyl sites for hydroxylation is 1. The topological polar surface area (TPSA) is 76.7 Å². The van der Waals surface area contributed by atoms with Gasteiger partial charge in [0.1, 0.15) is 4.88 Å². The van der Waals surface area contributed by atoms with Crippen LogP contribution >= 0.6 is 11.5 Å². The second-order valence-electron chi connectivity index (χ2n) is 3.04. The molecule has 0 saturated carbocycles. The number of hydrogen-bond donors (Lipinski definition) is 1. The smallest absolute Gasteiger partial charge is 0.261 e. The summed E-state index contributed by atoms with van der Waals surface area (Å²) in [4.78, 5) is 0.846. The second-order valence-corrected chi connectivity index (χ2v) is 3.80. The van der Waals surface area contributed by atoms with Gasteiger partial charge in [-0.05, 0) is 25.5 Å². The van der Waals surface area contributed by atoms with Gasteiger partial charge in [0.25, 0.3) is 5.89 Å². The van der Waals surface area contributed by atoms with Gasteiger partial charge in [-0.1, -0.05) is 4.49 Å². The summed E-state index contributed by atoms with van der Waals surface area (Å²) in [5.41, 5.74) is 0.823. The zero-order valence-electron chi connectivity index (χ0n) is 8.52. The van der Waals surface area contributed by atoms with Crippen molar-refractivity contribution in [1.29, 1.82) is 0 Å². The predicted molar refractivity (Wildman–Crippen MR) is 55.6 cm³/mol. The highest BCUT2D eigenvalue weighted by molar-refractivity contribution is 7.09.